The van der Waals surface area contributed by atoms with Crippen molar-refractivity contribution in [1.29, 1.82) is 0 Å². The lowest BCUT2D eigenvalue weighted by Crippen LogP contribution is -2.17. The standard InChI is InChI=1S/C15H17NO3/c1-11-2-4-12(5-3-11)6-8-16-10-13-7-9-19-14(13)15(17)18/h2-5,7,9,16H,6,8,10H2,1H3,(H,17,18). The number of aromatic carboxylic acids is 1. The normalized spacial score (nSPS) is 10.6. The zero-order valence-corrected chi connectivity index (χ0v) is 10.8. The fraction of sp³-hybridized carbons (Fsp3) is 0.267. The van der Waals surface area contributed by atoms with Gasteiger partial charge in [-0.3, -0.25) is 0 Å². The van der Waals surface area contributed by atoms with E-state index in [9.17, 15) is 4.79 Å². The summed E-state index contributed by atoms with van der Waals surface area (Å²) >= 11 is 0. The number of rotatable bonds is 6. The molecule has 0 radical (unpaired) electrons. The topological polar surface area (TPSA) is 62.5 Å². The van der Waals surface area contributed by atoms with Crippen LogP contribution in [0.1, 0.15) is 27.2 Å². The Morgan fingerprint density at radius 1 is 1.26 bits per heavy atom. The van der Waals surface area contributed by atoms with Gasteiger partial charge in [0, 0.05) is 12.1 Å². The minimum Gasteiger partial charge on any atom is -0.475 e. The molecule has 2 rings (SSSR count). The molecular formula is C15H17NO3. The second kappa shape index (κ2) is 6.20. The first kappa shape index (κ1) is 13.4. The summed E-state index contributed by atoms with van der Waals surface area (Å²) in [5.74, 6) is -1.01. The molecule has 0 saturated carbocycles. The maximum absolute atomic E-state index is 10.8. The van der Waals surface area contributed by atoms with E-state index < -0.39 is 5.97 Å². The van der Waals surface area contributed by atoms with E-state index in [0.29, 0.717) is 12.1 Å². The highest BCUT2D eigenvalue weighted by atomic mass is 16.4. The fourth-order valence-electron chi connectivity index (χ4n) is 1.87. The smallest absolute Gasteiger partial charge is 0.372 e. The largest absolute Gasteiger partial charge is 0.475 e. The molecule has 1 aromatic carbocycles. The van der Waals surface area contributed by atoms with Crippen molar-refractivity contribution in [2.24, 2.45) is 0 Å². The first-order valence-corrected chi connectivity index (χ1v) is 6.23. The van der Waals surface area contributed by atoms with Crippen molar-refractivity contribution in [3.05, 3.63) is 59.0 Å². The van der Waals surface area contributed by atoms with E-state index in [1.807, 2.05) is 0 Å². The molecule has 4 nitrogen and oxygen atoms in total. The number of carboxylic acid groups (broad SMARTS) is 1. The lowest BCUT2D eigenvalue weighted by atomic mass is 10.1. The number of carboxylic acids is 1. The number of nitrogens with one attached hydrogen (secondary N) is 1. The Balaban J connectivity index is 1.79. The maximum atomic E-state index is 10.8. The van der Waals surface area contributed by atoms with Gasteiger partial charge >= 0.3 is 5.97 Å². The third-order valence-electron chi connectivity index (χ3n) is 2.97. The molecule has 19 heavy (non-hydrogen) atoms. The molecule has 0 unspecified atom stereocenters. The molecule has 2 N–H and O–H groups in total. The van der Waals surface area contributed by atoms with E-state index in [4.69, 9.17) is 9.52 Å². The van der Waals surface area contributed by atoms with Crippen LogP contribution in [0.5, 0.6) is 0 Å². The van der Waals surface area contributed by atoms with Crippen LogP contribution in [0, 0.1) is 6.92 Å². The minimum atomic E-state index is -1.03. The third-order valence-corrected chi connectivity index (χ3v) is 2.97. The van der Waals surface area contributed by atoms with Crippen LogP contribution in [-0.4, -0.2) is 17.6 Å². The predicted octanol–water partition coefficient (Wildman–Crippen LogP) is 2.62. The second-order valence-corrected chi connectivity index (χ2v) is 4.49. The molecule has 1 heterocycles. The average Bonchev–Trinajstić information content (AvgIpc) is 2.85. The van der Waals surface area contributed by atoms with Gasteiger partial charge in [0.15, 0.2) is 0 Å². The molecule has 0 aliphatic rings. The van der Waals surface area contributed by atoms with E-state index in [0.717, 1.165) is 13.0 Å². The third kappa shape index (κ3) is 3.69. The molecule has 0 fully saturated rings. The van der Waals surface area contributed by atoms with Crippen molar-refractivity contribution in [3.8, 4) is 0 Å². The Bertz CT molecular complexity index is 543. The molecular weight excluding hydrogens is 242 g/mol. The zero-order chi connectivity index (χ0) is 13.7. The number of benzene rings is 1. The summed E-state index contributed by atoms with van der Waals surface area (Å²) in [5, 5.41) is 12.1. The van der Waals surface area contributed by atoms with Gasteiger partial charge in [0.2, 0.25) is 5.76 Å². The van der Waals surface area contributed by atoms with Gasteiger partial charge in [-0.2, -0.15) is 0 Å². The molecule has 0 aliphatic heterocycles. The molecule has 0 aliphatic carbocycles. The second-order valence-electron chi connectivity index (χ2n) is 4.49. The Kier molecular flexibility index (Phi) is 4.36. The minimum absolute atomic E-state index is 0.0165. The van der Waals surface area contributed by atoms with Crippen LogP contribution in [0.15, 0.2) is 41.0 Å². The van der Waals surface area contributed by atoms with Crippen molar-refractivity contribution in [3.63, 3.8) is 0 Å². The van der Waals surface area contributed by atoms with Crippen LogP contribution in [0.2, 0.25) is 0 Å². The van der Waals surface area contributed by atoms with Crippen molar-refractivity contribution in [2.75, 3.05) is 6.54 Å². The Labute approximate surface area is 112 Å². The van der Waals surface area contributed by atoms with Gasteiger partial charge in [-0.05, 0) is 31.5 Å². The van der Waals surface area contributed by atoms with Gasteiger partial charge in [-0.1, -0.05) is 29.8 Å². The van der Waals surface area contributed by atoms with Gasteiger partial charge in [0.05, 0.1) is 6.26 Å². The quantitative estimate of drug-likeness (QED) is 0.783. The monoisotopic (exact) mass is 259 g/mol. The van der Waals surface area contributed by atoms with Crippen molar-refractivity contribution < 1.29 is 14.3 Å². The van der Waals surface area contributed by atoms with Gasteiger partial charge < -0.3 is 14.8 Å². The van der Waals surface area contributed by atoms with Gasteiger partial charge in [-0.25, -0.2) is 4.79 Å². The first-order chi connectivity index (χ1) is 9.16. The summed E-state index contributed by atoms with van der Waals surface area (Å²) in [7, 11) is 0. The van der Waals surface area contributed by atoms with Crippen LogP contribution in [0.25, 0.3) is 0 Å². The summed E-state index contributed by atoms with van der Waals surface area (Å²) in [6.45, 7) is 3.37. The summed E-state index contributed by atoms with van der Waals surface area (Å²) in [6.07, 6.45) is 2.32. The summed E-state index contributed by atoms with van der Waals surface area (Å²) < 4.78 is 4.92. The van der Waals surface area contributed by atoms with Gasteiger partial charge in [0.1, 0.15) is 0 Å². The fourth-order valence-corrected chi connectivity index (χ4v) is 1.87. The molecule has 0 amide bonds. The Hall–Kier alpha value is -2.07. The van der Waals surface area contributed by atoms with Crippen LogP contribution in [0.4, 0.5) is 0 Å². The van der Waals surface area contributed by atoms with Gasteiger partial charge in [-0.15, -0.1) is 0 Å². The molecule has 0 atom stereocenters. The van der Waals surface area contributed by atoms with Crippen molar-refractivity contribution >= 4 is 5.97 Å². The molecule has 4 heteroatoms. The highest BCUT2D eigenvalue weighted by Crippen LogP contribution is 2.10. The average molecular weight is 259 g/mol. The highest BCUT2D eigenvalue weighted by Gasteiger charge is 2.12. The maximum Gasteiger partial charge on any atom is 0.372 e. The number of hydrogen-bond acceptors (Lipinski definition) is 3. The van der Waals surface area contributed by atoms with E-state index in [2.05, 4.69) is 36.5 Å². The van der Waals surface area contributed by atoms with E-state index in [-0.39, 0.29) is 5.76 Å². The first-order valence-electron chi connectivity index (χ1n) is 6.23. The molecule has 2 aromatic rings. The number of carbonyl (C=O) groups is 1. The van der Waals surface area contributed by atoms with Gasteiger partial charge in [0.25, 0.3) is 0 Å². The summed E-state index contributed by atoms with van der Waals surface area (Å²) in [5.41, 5.74) is 3.20. The summed E-state index contributed by atoms with van der Waals surface area (Å²) in [6, 6.07) is 10.1. The lowest BCUT2D eigenvalue weighted by molar-refractivity contribution is 0.0660. The zero-order valence-electron chi connectivity index (χ0n) is 10.8. The van der Waals surface area contributed by atoms with E-state index in [1.165, 1.54) is 17.4 Å². The van der Waals surface area contributed by atoms with Crippen LogP contribution in [-0.2, 0) is 13.0 Å². The Morgan fingerprint density at radius 2 is 2.00 bits per heavy atom. The molecule has 1 aromatic heterocycles. The number of hydrogen-bond donors (Lipinski definition) is 2. The predicted molar refractivity (Wildman–Crippen MR) is 72.3 cm³/mol. The highest BCUT2D eigenvalue weighted by molar-refractivity contribution is 5.86. The van der Waals surface area contributed by atoms with Crippen molar-refractivity contribution in [1.82, 2.24) is 5.32 Å². The van der Waals surface area contributed by atoms with Crippen LogP contribution in [0.3, 0.4) is 0 Å². The van der Waals surface area contributed by atoms with Crippen LogP contribution < -0.4 is 5.32 Å². The lowest BCUT2D eigenvalue weighted by Gasteiger charge is -2.04. The number of furan rings is 1. The Morgan fingerprint density at radius 3 is 2.68 bits per heavy atom. The van der Waals surface area contributed by atoms with Crippen molar-refractivity contribution in [2.45, 2.75) is 19.9 Å². The molecule has 100 valence electrons. The SMILES string of the molecule is Cc1ccc(CCNCc2ccoc2C(=O)O)cc1. The molecule has 0 bridgehead atoms. The summed E-state index contributed by atoms with van der Waals surface area (Å²) in [4.78, 5) is 10.8. The molecule has 0 saturated heterocycles. The van der Waals surface area contributed by atoms with E-state index in [1.54, 1.807) is 6.07 Å². The molecule has 0 spiro atoms. The number of aryl methyl sites for hydroxylation is 1. The van der Waals surface area contributed by atoms with E-state index >= 15 is 0 Å². The van der Waals surface area contributed by atoms with Crippen LogP contribution >= 0.6 is 0 Å².